The van der Waals surface area contributed by atoms with E-state index in [-0.39, 0.29) is 12.4 Å². The molecule has 0 amide bonds. The van der Waals surface area contributed by atoms with Gasteiger partial charge in [0, 0.05) is 25.1 Å². The van der Waals surface area contributed by atoms with Crippen LogP contribution in [0.2, 0.25) is 0 Å². The summed E-state index contributed by atoms with van der Waals surface area (Å²) in [5.41, 5.74) is 0.659. The van der Waals surface area contributed by atoms with E-state index in [1.165, 1.54) is 4.90 Å². The fourth-order valence-electron chi connectivity index (χ4n) is 4.02. The maximum atomic E-state index is 12.8. The van der Waals surface area contributed by atoms with Gasteiger partial charge in [0.15, 0.2) is 5.78 Å². The van der Waals surface area contributed by atoms with Gasteiger partial charge in [-0.25, -0.2) is 0 Å². The fourth-order valence-corrected chi connectivity index (χ4v) is 5.71. The summed E-state index contributed by atoms with van der Waals surface area (Å²) < 4.78 is 34.4. The molecule has 2 aliphatic heterocycles. The lowest BCUT2D eigenvalue weighted by atomic mass is 10.1. The maximum Gasteiger partial charge on any atom is 0.282 e. The normalized spacial score (nSPS) is 20.7. The average molecular weight is 441 g/mol. The molecule has 1 aromatic carbocycles. The van der Waals surface area contributed by atoms with Crippen LogP contribution in [0.25, 0.3) is 0 Å². The number of benzene rings is 1. The summed E-state index contributed by atoms with van der Waals surface area (Å²) >= 11 is 0. The quantitative estimate of drug-likeness (QED) is 0.526. The minimum atomic E-state index is -3.35. The van der Waals surface area contributed by atoms with Crippen molar-refractivity contribution in [1.82, 2.24) is 8.61 Å². The van der Waals surface area contributed by atoms with Crippen molar-refractivity contribution in [2.45, 2.75) is 38.7 Å². The minimum Gasteiger partial charge on any atom is -0.491 e. The van der Waals surface area contributed by atoms with Gasteiger partial charge in [0.1, 0.15) is 25.0 Å². The van der Waals surface area contributed by atoms with Crippen LogP contribution >= 0.6 is 0 Å². The first-order valence-electron chi connectivity index (χ1n) is 10.9. The first-order valence-corrected chi connectivity index (χ1v) is 12.3. The number of ketones is 1. The summed E-state index contributed by atoms with van der Waals surface area (Å²) in [6.45, 7) is 6.08. The van der Waals surface area contributed by atoms with Gasteiger partial charge in [0.05, 0.1) is 26.2 Å². The molecule has 2 N–H and O–H groups in total. The molecule has 0 radical (unpaired) electrons. The Morgan fingerprint density at radius 1 is 1.07 bits per heavy atom. The summed E-state index contributed by atoms with van der Waals surface area (Å²) in [4.78, 5) is 12.8. The molecule has 2 fully saturated rings. The molecule has 30 heavy (non-hydrogen) atoms. The highest BCUT2D eigenvalue weighted by molar-refractivity contribution is 7.86. The first kappa shape index (κ1) is 23.1. The number of nitrogens with zero attached hydrogens (tertiary/aromatic N) is 2. The lowest BCUT2D eigenvalue weighted by Crippen LogP contribution is -3.16. The highest BCUT2D eigenvalue weighted by Crippen LogP contribution is 2.16. The Morgan fingerprint density at radius 2 is 1.67 bits per heavy atom. The molecule has 9 heteroatoms. The van der Waals surface area contributed by atoms with Gasteiger partial charge in [-0.3, -0.25) is 4.79 Å². The molecule has 3 rings (SSSR count). The van der Waals surface area contributed by atoms with Crippen molar-refractivity contribution in [3.63, 3.8) is 0 Å². The molecule has 0 saturated carbocycles. The van der Waals surface area contributed by atoms with E-state index in [2.05, 4.69) is 0 Å². The molecular formula is C21H34N3O5S+. The van der Waals surface area contributed by atoms with Crippen LogP contribution in [-0.2, 0) is 10.2 Å². The van der Waals surface area contributed by atoms with E-state index in [0.29, 0.717) is 63.5 Å². The third-order valence-electron chi connectivity index (χ3n) is 5.86. The standard InChI is InChI=1S/C21H33N3O5S/c1-2-21(26)18-6-8-20(9-7-18)29-17-19(25)16-22-12-14-24(15-13-22)30(27,28)23-10-4-3-5-11-23/h6-9,19,25H,2-5,10-17H2,1H3/p+1/t19-/m0/s1. The van der Waals surface area contributed by atoms with Gasteiger partial charge in [-0.05, 0) is 37.1 Å². The Morgan fingerprint density at radius 3 is 2.27 bits per heavy atom. The van der Waals surface area contributed by atoms with E-state index in [9.17, 15) is 18.3 Å². The van der Waals surface area contributed by atoms with Gasteiger partial charge in [-0.15, -0.1) is 0 Å². The van der Waals surface area contributed by atoms with Crippen molar-refractivity contribution in [2.24, 2.45) is 0 Å². The topological polar surface area (TPSA) is 91.6 Å². The third kappa shape index (κ3) is 6.01. The van der Waals surface area contributed by atoms with Crippen LogP contribution in [0.1, 0.15) is 43.0 Å². The summed E-state index contributed by atoms with van der Waals surface area (Å²) in [5, 5.41) is 10.3. The van der Waals surface area contributed by atoms with Crippen LogP contribution in [0.4, 0.5) is 0 Å². The van der Waals surface area contributed by atoms with Crippen molar-refractivity contribution in [1.29, 1.82) is 0 Å². The molecule has 0 unspecified atom stereocenters. The van der Waals surface area contributed by atoms with Crippen molar-refractivity contribution in [3.05, 3.63) is 29.8 Å². The van der Waals surface area contributed by atoms with Crippen LogP contribution < -0.4 is 9.64 Å². The number of carbonyl (C=O) groups excluding carboxylic acids is 1. The highest BCUT2D eigenvalue weighted by atomic mass is 32.2. The van der Waals surface area contributed by atoms with Gasteiger partial charge in [-0.2, -0.15) is 17.0 Å². The number of aliphatic hydroxyl groups excluding tert-OH is 1. The van der Waals surface area contributed by atoms with E-state index >= 15 is 0 Å². The van der Waals surface area contributed by atoms with E-state index in [1.807, 2.05) is 6.92 Å². The molecule has 1 aromatic rings. The molecular weight excluding hydrogens is 406 g/mol. The Bertz CT molecular complexity index is 785. The Labute approximate surface area is 179 Å². The van der Waals surface area contributed by atoms with Crippen LogP contribution in [0.3, 0.4) is 0 Å². The average Bonchev–Trinajstić information content (AvgIpc) is 2.78. The molecule has 168 valence electrons. The molecule has 0 bridgehead atoms. The van der Waals surface area contributed by atoms with Crippen molar-refractivity contribution >= 4 is 16.0 Å². The largest absolute Gasteiger partial charge is 0.491 e. The number of ether oxygens (including phenoxy) is 1. The van der Waals surface area contributed by atoms with Crippen LogP contribution in [-0.4, -0.2) is 86.4 Å². The van der Waals surface area contributed by atoms with Gasteiger partial charge >= 0.3 is 0 Å². The van der Waals surface area contributed by atoms with Gasteiger partial charge in [-0.1, -0.05) is 13.3 Å². The van der Waals surface area contributed by atoms with Crippen LogP contribution in [0, 0.1) is 0 Å². The lowest BCUT2D eigenvalue weighted by molar-refractivity contribution is -0.906. The molecule has 2 heterocycles. The number of quaternary nitrogens is 1. The molecule has 0 spiro atoms. The second kappa shape index (κ2) is 10.7. The number of hydrogen-bond acceptors (Lipinski definition) is 5. The van der Waals surface area contributed by atoms with Gasteiger partial charge < -0.3 is 14.7 Å². The monoisotopic (exact) mass is 440 g/mol. The van der Waals surface area contributed by atoms with Crippen molar-refractivity contribution in [2.75, 3.05) is 52.4 Å². The summed E-state index contributed by atoms with van der Waals surface area (Å²) in [6.07, 6.45) is 2.81. The Hall–Kier alpha value is -1.52. The zero-order chi connectivity index (χ0) is 21.6. The first-order chi connectivity index (χ1) is 14.4. The fraction of sp³-hybridized carbons (Fsp3) is 0.667. The Kier molecular flexibility index (Phi) is 8.24. The molecule has 1 atom stereocenters. The highest BCUT2D eigenvalue weighted by Gasteiger charge is 2.34. The predicted molar refractivity (Wildman–Crippen MR) is 114 cm³/mol. The van der Waals surface area contributed by atoms with Crippen LogP contribution in [0.5, 0.6) is 5.75 Å². The van der Waals surface area contributed by atoms with E-state index < -0.39 is 16.3 Å². The minimum absolute atomic E-state index is 0.0895. The number of piperidine rings is 1. The Balaban J connectivity index is 1.40. The molecule has 0 aromatic heterocycles. The second-order valence-electron chi connectivity index (χ2n) is 8.09. The second-order valence-corrected chi connectivity index (χ2v) is 10.0. The van der Waals surface area contributed by atoms with Crippen molar-refractivity contribution in [3.8, 4) is 5.75 Å². The van der Waals surface area contributed by atoms with E-state index in [1.54, 1.807) is 32.9 Å². The number of nitrogens with one attached hydrogen (secondary N) is 1. The van der Waals surface area contributed by atoms with Gasteiger partial charge in [0.2, 0.25) is 0 Å². The summed E-state index contributed by atoms with van der Waals surface area (Å²) in [6, 6.07) is 6.96. The zero-order valence-electron chi connectivity index (χ0n) is 17.8. The number of aliphatic hydroxyl groups is 1. The SMILES string of the molecule is CCC(=O)c1ccc(OC[C@@H](O)C[NH+]2CCN(S(=O)(=O)N3CCCCC3)CC2)cc1. The van der Waals surface area contributed by atoms with Gasteiger partial charge in [0.25, 0.3) is 10.2 Å². The van der Waals surface area contributed by atoms with Crippen LogP contribution in [0.15, 0.2) is 24.3 Å². The molecule has 2 aliphatic rings. The number of Topliss-reactive ketones (excluding diaryl/α,β-unsaturated/α-hetero) is 1. The summed E-state index contributed by atoms with van der Waals surface area (Å²) in [7, 11) is -3.35. The molecule has 0 aliphatic carbocycles. The lowest BCUT2D eigenvalue weighted by Gasteiger charge is -2.36. The third-order valence-corrected chi connectivity index (χ3v) is 7.90. The number of carbonyl (C=O) groups is 1. The smallest absolute Gasteiger partial charge is 0.282 e. The summed E-state index contributed by atoms with van der Waals surface area (Å²) in [5.74, 6) is 0.709. The number of rotatable bonds is 9. The maximum absolute atomic E-state index is 12.8. The number of hydrogen-bond donors (Lipinski definition) is 2. The predicted octanol–water partition coefficient (Wildman–Crippen LogP) is -0.0498. The molecule has 2 saturated heterocycles. The van der Waals surface area contributed by atoms with E-state index in [0.717, 1.165) is 19.3 Å². The molecule has 8 nitrogen and oxygen atoms in total. The number of piperazine rings is 1. The zero-order valence-corrected chi connectivity index (χ0v) is 18.6. The van der Waals surface area contributed by atoms with E-state index in [4.69, 9.17) is 4.74 Å². The van der Waals surface area contributed by atoms with Crippen molar-refractivity contribution < 1.29 is 28.0 Å².